The van der Waals surface area contributed by atoms with Crippen LogP contribution in [0.4, 0.5) is 4.79 Å². The number of fused-ring (bicyclic) bond motifs is 1. The van der Waals surface area contributed by atoms with E-state index in [0.717, 1.165) is 43.3 Å². The first-order chi connectivity index (χ1) is 20.4. The molecular formula is C33H55N5O5. The van der Waals surface area contributed by atoms with E-state index in [-0.39, 0.29) is 24.1 Å². The summed E-state index contributed by atoms with van der Waals surface area (Å²) in [5.41, 5.74) is 2.16. The Balaban J connectivity index is 0.000000340. The summed E-state index contributed by atoms with van der Waals surface area (Å²) >= 11 is 0. The van der Waals surface area contributed by atoms with Gasteiger partial charge in [0.05, 0.1) is 11.0 Å². The summed E-state index contributed by atoms with van der Waals surface area (Å²) in [6.45, 7) is 10.7. The predicted molar refractivity (Wildman–Crippen MR) is 172 cm³/mol. The van der Waals surface area contributed by atoms with E-state index in [2.05, 4.69) is 29.6 Å². The molecule has 4 rings (SSSR count). The van der Waals surface area contributed by atoms with Gasteiger partial charge in [0.25, 0.3) is 0 Å². The van der Waals surface area contributed by atoms with Gasteiger partial charge in [-0.05, 0) is 97.6 Å². The fourth-order valence-electron chi connectivity index (χ4n) is 5.45. The molecule has 10 heteroatoms. The second-order valence-corrected chi connectivity index (χ2v) is 12.6. The lowest BCUT2D eigenvalue weighted by Gasteiger charge is -2.25. The number of aromatic nitrogens is 2. The number of aryl methyl sites for hydroxylation is 2. The molecule has 0 bridgehead atoms. The molecular weight excluding hydrogens is 546 g/mol. The zero-order valence-electron chi connectivity index (χ0n) is 27.8. The molecule has 1 aromatic heterocycles. The van der Waals surface area contributed by atoms with Crippen LogP contribution in [0.25, 0.3) is 11.0 Å². The van der Waals surface area contributed by atoms with Crippen LogP contribution < -0.4 is 16.3 Å². The maximum Gasteiger partial charge on any atom is 0.407 e. The second-order valence-electron chi connectivity index (χ2n) is 12.6. The smallest absolute Gasteiger partial charge is 0.407 e. The van der Waals surface area contributed by atoms with Crippen LogP contribution in [0.5, 0.6) is 0 Å². The lowest BCUT2D eigenvalue weighted by molar-refractivity contribution is -0.135. The van der Waals surface area contributed by atoms with Crippen LogP contribution in [0.3, 0.4) is 0 Å². The van der Waals surface area contributed by atoms with Crippen molar-refractivity contribution in [1.29, 1.82) is 0 Å². The van der Waals surface area contributed by atoms with Gasteiger partial charge in [0.1, 0.15) is 11.6 Å². The number of hydrogen-bond acceptors (Lipinski definition) is 6. The molecule has 2 heterocycles. The molecule has 2 N–H and O–H groups in total. The Morgan fingerprint density at radius 2 is 1.67 bits per heavy atom. The molecule has 1 atom stereocenters. The summed E-state index contributed by atoms with van der Waals surface area (Å²) in [6, 6.07) is 5.71. The van der Waals surface area contributed by atoms with Gasteiger partial charge in [0, 0.05) is 19.5 Å². The van der Waals surface area contributed by atoms with Crippen molar-refractivity contribution in [2.75, 3.05) is 20.6 Å². The van der Waals surface area contributed by atoms with E-state index >= 15 is 0 Å². The van der Waals surface area contributed by atoms with Crippen molar-refractivity contribution >= 4 is 28.9 Å². The fraction of sp³-hybridized carbons (Fsp3) is 0.697. The molecule has 2 aliphatic rings. The summed E-state index contributed by atoms with van der Waals surface area (Å²) in [4.78, 5) is 50.0. The molecule has 0 radical (unpaired) electrons. The number of nitrogens with one attached hydrogen (secondary N) is 2. The maximum atomic E-state index is 12.7. The number of amides is 3. The predicted octanol–water partition coefficient (Wildman–Crippen LogP) is 5.46. The molecule has 2 fully saturated rings. The van der Waals surface area contributed by atoms with Crippen LogP contribution in [0.1, 0.15) is 110 Å². The molecule has 2 aromatic rings. The Hall–Kier alpha value is -3.14. The molecule has 43 heavy (non-hydrogen) atoms. The Morgan fingerprint density at radius 1 is 1.00 bits per heavy atom. The summed E-state index contributed by atoms with van der Waals surface area (Å²) < 4.78 is 8.31. The molecule has 1 aromatic carbocycles. The highest BCUT2D eigenvalue weighted by atomic mass is 16.6. The highest BCUT2D eigenvalue weighted by Crippen LogP contribution is 2.24. The maximum absolute atomic E-state index is 12.7. The molecule has 1 saturated heterocycles. The number of carbonyl (C=O) groups is 3. The first kappa shape index (κ1) is 36.1. The average Bonchev–Trinajstić information content (AvgIpc) is 3.18. The molecule has 0 spiro atoms. The van der Waals surface area contributed by atoms with E-state index in [0.29, 0.717) is 12.5 Å². The topological polar surface area (TPSA) is 115 Å². The minimum absolute atomic E-state index is 0.220. The van der Waals surface area contributed by atoms with Crippen LogP contribution in [-0.2, 0) is 27.8 Å². The molecule has 1 unspecified atom stereocenters. The molecule has 10 nitrogen and oxygen atoms in total. The van der Waals surface area contributed by atoms with Crippen LogP contribution in [0, 0.1) is 0 Å². The lowest BCUT2D eigenvalue weighted by atomic mass is 9.96. The molecule has 1 saturated carbocycles. The van der Waals surface area contributed by atoms with Crippen molar-refractivity contribution in [2.45, 2.75) is 123 Å². The number of hydrogen-bond donors (Lipinski definition) is 2. The van der Waals surface area contributed by atoms with Crippen molar-refractivity contribution in [2.24, 2.45) is 7.05 Å². The minimum atomic E-state index is -0.629. The fourth-order valence-corrected chi connectivity index (χ4v) is 5.45. The summed E-state index contributed by atoms with van der Waals surface area (Å²) in [5, 5.41) is 5.25. The van der Waals surface area contributed by atoms with E-state index in [1.54, 1.807) is 11.6 Å². The summed E-state index contributed by atoms with van der Waals surface area (Å²) in [5.74, 6) is -0.674. The number of imidazole rings is 1. The van der Waals surface area contributed by atoms with Gasteiger partial charge in [-0.15, -0.1) is 0 Å². The zero-order chi connectivity index (χ0) is 32.2. The third-order valence-electron chi connectivity index (χ3n) is 7.57. The second kappa shape index (κ2) is 17.2. The molecule has 1 aliphatic heterocycles. The van der Waals surface area contributed by atoms with Crippen molar-refractivity contribution in [1.82, 2.24) is 24.7 Å². The van der Waals surface area contributed by atoms with E-state index in [9.17, 15) is 19.2 Å². The molecule has 1 aliphatic carbocycles. The number of nitrogens with zero attached hydrogens (tertiary/aromatic N) is 3. The highest BCUT2D eigenvalue weighted by molar-refractivity contribution is 6.00. The molecule has 242 valence electrons. The zero-order valence-corrected chi connectivity index (χ0v) is 27.8. The number of benzene rings is 1. The summed E-state index contributed by atoms with van der Waals surface area (Å²) in [6.07, 6.45) is 10.7. The standard InChI is InChI=1S/C20H28N4O3.C11H21NO2.C2H6/c1-22(2)12-6-4-5-7-14-8-9-15-17(13-14)23(3)20(27)24(15)16-10-11-18(25)21-19(16)26;1-11(2,3)14-10(13)12-9-7-5-4-6-8-9;1-2/h8-9,13,16H,4-7,10-12H2,1-3H3,(H,21,25,26);9H,4-8H2,1-3H3,(H,12,13);1-2H3. The van der Waals surface area contributed by atoms with Gasteiger partial charge in [-0.2, -0.15) is 0 Å². The van der Waals surface area contributed by atoms with Gasteiger partial charge in [0.15, 0.2) is 0 Å². The van der Waals surface area contributed by atoms with E-state index in [1.165, 1.54) is 42.2 Å². The number of alkyl carbamates (subject to hydrolysis) is 1. The van der Waals surface area contributed by atoms with Crippen molar-refractivity contribution in [3.8, 4) is 0 Å². The number of imide groups is 1. The number of unbranched alkanes of at least 4 members (excludes halogenated alkanes) is 2. The first-order valence-electron chi connectivity index (χ1n) is 16.0. The van der Waals surface area contributed by atoms with Crippen LogP contribution in [0.2, 0.25) is 0 Å². The number of carbonyl (C=O) groups excluding carboxylic acids is 3. The van der Waals surface area contributed by atoms with Gasteiger partial charge in [-0.1, -0.05) is 45.6 Å². The van der Waals surface area contributed by atoms with Gasteiger partial charge in [0.2, 0.25) is 11.8 Å². The van der Waals surface area contributed by atoms with E-state index < -0.39 is 17.6 Å². The largest absolute Gasteiger partial charge is 0.444 e. The highest BCUT2D eigenvalue weighted by Gasteiger charge is 2.31. The summed E-state index contributed by atoms with van der Waals surface area (Å²) in [7, 11) is 5.90. The Kier molecular flexibility index (Phi) is 14.4. The van der Waals surface area contributed by atoms with Gasteiger partial charge in [-0.25, -0.2) is 9.59 Å². The quantitative estimate of drug-likeness (QED) is 0.307. The number of ether oxygens (including phenoxy) is 1. The van der Waals surface area contributed by atoms with Crippen molar-refractivity contribution in [3.05, 3.63) is 34.2 Å². The Bertz CT molecular complexity index is 1250. The first-order valence-corrected chi connectivity index (χ1v) is 16.0. The van der Waals surface area contributed by atoms with Crippen LogP contribution in [-0.4, -0.2) is 64.2 Å². The van der Waals surface area contributed by atoms with Crippen molar-refractivity contribution < 1.29 is 19.1 Å². The SMILES string of the molecule is CC.CC(C)(C)OC(=O)NC1CCCCC1.CN(C)CCCCCc1ccc2c(c1)n(C)c(=O)n2C1CCC(=O)NC1=O. The Labute approximate surface area is 257 Å². The third kappa shape index (κ3) is 11.5. The third-order valence-corrected chi connectivity index (χ3v) is 7.57. The van der Waals surface area contributed by atoms with Crippen LogP contribution >= 0.6 is 0 Å². The van der Waals surface area contributed by atoms with Gasteiger partial charge >= 0.3 is 11.8 Å². The van der Waals surface area contributed by atoms with Crippen molar-refractivity contribution in [3.63, 3.8) is 0 Å². The molecule has 3 amide bonds. The lowest BCUT2D eigenvalue weighted by Crippen LogP contribution is -2.44. The number of rotatable bonds is 8. The Morgan fingerprint density at radius 3 is 2.28 bits per heavy atom. The number of piperidine rings is 1. The normalized spacial score (nSPS) is 17.5. The van der Waals surface area contributed by atoms with Gasteiger partial charge in [-0.3, -0.25) is 24.0 Å². The van der Waals surface area contributed by atoms with Crippen LogP contribution in [0.15, 0.2) is 23.0 Å². The monoisotopic (exact) mass is 601 g/mol. The van der Waals surface area contributed by atoms with Gasteiger partial charge < -0.3 is 15.0 Å². The average molecular weight is 602 g/mol. The minimum Gasteiger partial charge on any atom is -0.444 e. The van der Waals surface area contributed by atoms with E-state index in [4.69, 9.17) is 4.74 Å². The van der Waals surface area contributed by atoms with E-state index in [1.807, 2.05) is 52.8 Å².